The molecule has 1 atom stereocenters. The highest BCUT2D eigenvalue weighted by Crippen LogP contribution is 2.36. The van der Waals surface area contributed by atoms with Crippen LogP contribution in [0.5, 0.6) is 0 Å². The second kappa shape index (κ2) is 14.7. The van der Waals surface area contributed by atoms with E-state index >= 15 is 0 Å². The van der Waals surface area contributed by atoms with E-state index in [-0.39, 0.29) is 0 Å². The molecular weight excluding hydrogens is 404 g/mol. The van der Waals surface area contributed by atoms with Gasteiger partial charge in [-0.05, 0) is 53.9 Å². The number of halogens is 1. The largest absolute Gasteiger partial charge is 0.374 e. The summed E-state index contributed by atoms with van der Waals surface area (Å²) in [6.45, 7) is 12.9. The average Bonchev–Trinajstić information content (AvgIpc) is 2.86. The fourth-order valence-corrected chi connectivity index (χ4v) is 4.23. The predicted molar refractivity (Wildman–Crippen MR) is 136 cm³/mol. The first-order valence-electron chi connectivity index (χ1n) is 12.1. The number of hydrogen-bond donors (Lipinski definition) is 0. The molecule has 1 aliphatic rings. The maximum Gasteiger partial charge on any atom is 0.0922 e. The number of methoxy groups -OCH3 is 1. The van der Waals surface area contributed by atoms with E-state index in [1.165, 1.54) is 42.4 Å². The minimum absolute atomic E-state index is 0.393. The second-order valence-corrected chi connectivity index (χ2v) is 8.37. The Hall–Kier alpha value is -1.35. The smallest absolute Gasteiger partial charge is 0.0922 e. The van der Waals surface area contributed by atoms with E-state index in [1.807, 2.05) is 27.7 Å². The summed E-state index contributed by atoms with van der Waals surface area (Å²) in [7, 11) is 1.73. The van der Waals surface area contributed by atoms with Gasteiger partial charge in [-0.25, -0.2) is 0 Å². The highest BCUT2D eigenvalue weighted by atomic mass is 35.5. The minimum atomic E-state index is -0.393. The summed E-state index contributed by atoms with van der Waals surface area (Å²) in [4.78, 5) is 0. The molecule has 2 nitrogen and oxygen atoms in total. The maximum atomic E-state index is 5.72. The van der Waals surface area contributed by atoms with Crippen LogP contribution in [0.3, 0.4) is 0 Å². The lowest BCUT2D eigenvalue weighted by Gasteiger charge is -2.28. The Labute approximate surface area is 196 Å². The monoisotopic (exact) mass is 446 g/mol. The first kappa shape index (κ1) is 27.7. The zero-order valence-electron chi connectivity index (χ0n) is 20.7. The standard InChI is InChI=1S/C24H31ClO2.2C2H6/c1-18-4-6-19(7-5-18)20-8-10-21(11-9-20)22-12-14-23(15-13-22)24(2,26-3)16-17-27-25;2*1-2/h8-15,18-19H,4-7,16-17H2,1-3H3;2*1-2H3. The molecule has 0 aliphatic heterocycles. The summed E-state index contributed by atoms with van der Waals surface area (Å²) in [5.74, 6) is 1.64. The van der Waals surface area contributed by atoms with E-state index in [2.05, 4.69) is 62.4 Å². The Balaban J connectivity index is 0.00000113. The van der Waals surface area contributed by atoms with Crippen molar-refractivity contribution in [3.8, 4) is 11.1 Å². The van der Waals surface area contributed by atoms with Gasteiger partial charge in [0.25, 0.3) is 0 Å². The Kier molecular flexibility index (Phi) is 13.1. The highest BCUT2D eigenvalue weighted by Gasteiger charge is 2.26. The molecule has 3 heteroatoms. The molecular formula is C28H43ClO2. The van der Waals surface area contributed by atoms with Gasteiger partial charge in [0, 0.05) is 13.5 Å². The Bertz CT molecular complexity index is 703. The molecule has 0 spiro atoms. The van der Waals surface area contributed by atoms with E-state index in [9.17, 15) is 0 Å². The van der Waals surface area contributed by atoms with Gasteiger partial charge in [0.1, 0.15) is 0 Å². The summed E-state index contributed by atoms with van der Waals surface area (Å²) >= 11 is 5.38. The molecule has 0 heterocycles. The SMILES string of the molecule is CC.CC.COC(C)(CCOCl)c1ccc(-c2ccc(C3CCC(C)CC3)cc2)cc1. The van der Waals surface area contributed by atoms with Crippen LogP contribution in [0.15, 0.2) is 48.5 Å². The molecule has 0 radical (unpaired) electrons. The Morgan fingerprint density at radius 1 is 0.839 bits per heavy atom. The lowest BCUT2D eigenvalue weighted by molar-refractivity contribution is -0.0142. The topological polar surface area (TPSA) is 18.5 Å². The fourth-order valence-electron chi connectivity index (χ4n) is 4.15. The van der Waals surface area contributed by atoms with Gasteiger partial charge < -0.3 is 4.74 Å². The van der Waals surface area contributed by atoms with E-state index in [1.54, 1.807) is 7.11 Å². The molecule has 0 aromatic heterocycles. The van der Waals surface area contributed by atoms with Crippen LogP contribution in [0, 0.1) is 5.92 Å². The van der Waals surface area contributed by atoms with Gasteiger partial charge in [0.05, 0.1) is 24.1 Å². The van der Waals surface area contributed by atoms with Crippen LogP contribution >= 0.6 is 11.9 Å². The first-order valence-corrected chi connectivity index (χ1v) is 12.4. The van der Waals surface area contributed by atoms with Crippen LogP contribution in [-0.4, -0.2) is 13.7 Å². The van der Waals surface area contributed by atoms with E-state index in [4.69, 9.17) is 20.9 Å². The molecule has 0 saturated heterocycles. The van der Waals surface area contributed by atoms with Crippen LogP contribution in [0.25, 0.3) is 11.1 Å². The van der Waals surface area contributed by atoms with Gasteiger partial charge in [-0.1, -0.05) is 96.0 Å². The molecule has 2 aromatic carbocycles. The molecule has 174 valence electrons. The van der Waals surface area contributed by atoms with Crippen molar-refractivity contribution >= 4 is 11.9 Å². The molecule has 31 heavy (non-hydrogen) atoms. The minimum Gasteiger partial charge on any atom is -0.374 e. The van der Waals surface area contributed by atoms with E-state index in [0.717, 1.165) is 17.4 Å². The van der Waals surface area contributed by atoms with Crippen molar-refractivity contribution in [2.24, 2.45) is 5.92 Å². The lowest BCUT2D eigenvalue weighted by atomic mass is 9.79. The third-order valence-electron chi connectivity index (χ3n) is 6.33. The highest BCUT2D eigenvalue weighted by molar-refractivity contribution is 6.07. The molecule has 1 saturated carbocycles. The van der Waals surface area contributed by atoms with Gasteiger partial charge in [-0.3, -0.25) is 4.29 Å². The van der Waals surface area contributed by atoms with Crippen molar-refractivity contribution in [1.29, 1.82) is 0 Å². The summed E-state index contributed by atoms with van der Waals surface area (Å²) in [6, 6.07) is 17.8. The van der Waals surface area contributed by atoms with Crippen LogP contribution in [0.2, 0.25) is 0 Å². The summed E-state index contributed by atoms with van der Waals surface area (Å²) < 4.78 is 10.4. The number of benzene rings is 2. The number of hydrogen-bond acceptors (Lipinski definition) is 2. The maximum absolute atomic E-state index is 5.72. The summed E-state index contributed by atoms with van der Waals surface area (Å²) in [5.41, 5.74) is 4.73. The predicted octanol–water partition coefficient (Wildman–Crippen LogP) is 9.12. The zero-order valence-corrected chi connectivity index (χ0v) is 21.5. The van der Waals surface area contributed by atoms with Gasteiger partial charge in [-0.15, -0.1) is 0 Å². The van der Waals surface area contributed by atoms with Crippen molar-refractivity contribution in [3.63, 3.8) is 0 Å². The molecule has 1 aliphatic carbocycles. The number of rotatable bonds is 7. The molecule has 1 unspecified atom stereocenters. The van der Waals surface area contributed by atoms with Crippen LogP contribution < -0.4 is 0 Å². The van der Waals surface area contributed by atoms with Gasteiger partial charge in [-0.2, -0.15) is 0 Å². The Morgan fingerprint density at radius 2 is 1.32 bits per heavy atom. The first-order chi connectivity index (χ1) is 15.1. The van der Waals surface area contributed by atoms with Gasteiger partial charge in [0.2, 0.25) is 0 Å². The molecule has 1 fully saturated rings. The lowest BCUT2D eigenvalue weighted by Crippen LogP contribution is -2.25. The van der Waals surface area contributed by atoms with E-state index < -0.39 is 5.60 Å². The second-order valence-electron chi connectivity index (χ2n) is 8.15. The van der Waals surface area contributed by atoms with Crippen LogP contribution in [0.1, 0.15) is 90.7 Å². The van der Waals surface area contributed by atoms with Crippen molar-refractivity contribution < 1.29 is 9.03 Å². The molecule has 2 aromatic rings. The molecule has 3 rings (SSSR count). The van der Waals surface area contributed by atoms with Gasteiger partial charge in [0.15, 0.2) is 0 Å². The third kappa shape index (κ3) is 7.93. The normalized spacial score (nSPS) is 19.9. The van der Waals surface area contributed by atoms with Crippen molar-refractivity contribution in [2.45, 2.75) is 85.2 Å². The van der Waals surface area contributed by atoms with Crippen molar-refractivity contribution in [1.82, 2.24) is 0 Å². The van der Waals surface area contributed by atoms with E-state index in [0.29, 0.717) is 13.0 Å². The third-order valence-corrected chi connectivity index (χ3v) is 6.49. The van der Waals surface area contributed by atoms with Crippen LogP contribution in [-0.2, 0) is 14.6 Å². The van der Waals surface area contributed by atoms with Crippen LogP contribution in [0.4, 0.5) is 0 Å². The fraction of sp³-hybridized carbons (Fsp3) is 0.571. The quantitative estimate of drug-likeness (QED) is 0.422. The summed E-state index contributed by atoms with van der Waals surface area (Å²) in [5, 5.41) is 0. The Morgan fingerprint density at radius 3 is 1.77 bits per heavy atom. The number of ether oxygens (including phenoxy) is 1. The van der Waals surface area contributed by atoms with Crippen molar-refractivity contribution in [2.75, 3.05) is 13.7 Å². The van der Waals surface area contributed by atoms with Crippen molar-refractivity contribution in [3.05, 3.63) is 59.7 Å². The zero-order chi connectivity index (χ0) is 23.3. The summed E-state index contributed by atoms with van der Waals surface area (Å²) in [6.07, 6.45) is 6.09. The molecule has 0 N–H and O–H groups in total. The van der Waals surface area contributed by atoms with Gasteiger partial charge >= 0.3 is 0 Å². The average molecular weight is 447 g/mol. The molecule has 0 bridgehead atoms. The molecule has 0 amide bonds.